The number of rotatable bonds is 4. The number of nitrogens with one attached hydrogen (secondary N) is 2. The average Bonchev–Trinajstić information content (AvgIpc) is 3.32. The summed E-state index contributed by atoms with van der Waals surface area (Å²) in [7, 11) is 0. The van der Waals surface area contributed by atoms with Crippen LogP contribution in [-0.4, -0.2) is 34.6 Å². The van der Waals surface area contributed by atoms with E-state index in [0.29, 0.717) is 11.3 Å². The smallest absolute Gasteiger partial charge is 0.250 e. The fourth-order valence-corrected chi connectivity index (χ4v) is 5.49. The molecule has 8 heteroatoms. The van der Waals surface area contributed by atoms with Crippen LogP contribution in [0.25, 0.3) is 0 Å². The minimum Gasteiger partial charge on any atom is -0.370 e. The first kappa shape index (κ1) is 20.4. The Morgan fingerprint density at radius 2 is 1.78 bits per heavy atom. The maximum absolute atomic E-state index is 13.7. The number of likely N-dealkylation sites (tertiary alicyclic amines) is 1. The van der Waals surface area contributed by atoms with Crippen molar-refractivity contribution in [1.82, 2.24) is 10.2 Å². The molecule has 4 amide bonds. The van der Waals surface area contributed by atoms with Crippen LogP contribution < -0.4 is 16.4 Å². The third kappa shape index (κ3) is 2.65. The third-order valence-electron chi connectivity index (χ3n) is 7.12. The van der Waals surface area contributed by atoms with E-state index in [9.17, 15) is 19.2 Å². The molecule has 8 nitrogen and oxygen atoms in total. The summed E-state index contributed by atoms with van der Waals surface area (Å²) in [5.74, 6) is -3.58. The quantitative estimate of drug-likeness (QED) is 0.625. The molecule has 0 bridgehead atoms. The minimum atomic E-state index is -1.42. The first-order chi connectivity index (χ1) is 15.3. The van der Waals surface area contributed by atoms with E-state index in [-0.39, 0.29) is 24.8 Å². The number of amides is 4. The van der Waals surface area contributed by atoms with Gasteiger partial charge in [-0.2, -0.15) is 0 Å². The van der Waals surface area contributed by atoms with Crippen molar-refractivity contribution in [3.05, 3.63) is 64.7 Å². The lowest BCUT2D eigenvalue weighted by atomic mass is 9.76. The maximum atomic E-state index is 13.7. The molecule has 4 N–H and O–H groups in total. The number of carbonyl (C=O) groups is 4. The van der Waals surface area contributed by atoms with Gasteiger partial charge in [0, 0.05) is 23.7 Å². The molecule has 5 rings (SSSR count). The topological polar surface area (TPSA) is 122 Å². The SMILES string of the molecule is Cc1ccc2c(c1C)NC(=O)C21NC(CC(N)=O)C2C(=O)N(Cc3ccccc3)C(=O)C21. The van der Waals surface area contributed by atoms with Gasteiger partial charge in [-0.3, -0.25) is 29.4 Å². The Labute approximate surface area is 185 Å². The molecule has 4 atom stereocenters. The zero-order chi connectivity index (χ0) is 22.8. The Hall–Kier alpha value is -3.52. The third-order valence-corrected chi connectivity index (χ3v) is 7.12. The predicted octanol–water partition coefficient (Wildman–Crippen LogP) is 1.10. The number of benzene rings is 2. The van der Waals surface area contributed by atoms with E-state index in [1.54, 1.807) is 0 Å². The lowest BCUT2D eigenvalue weighted by molar-refractivity contribution is -0.143. The Balaban J connectivity index is 1.63. The van der Waals surface area contributed by atoms with Gasteiger partial charge in [-0.15, -0.1) is 0 Å². The summed E-state index contributed by atoms with van der Waals surface area (Å²) >= 11 is 0. The Kier molecular flexibility index (Phi) is 4.46. The standard InChI is InChI=1S/C24H24N4O4/c1-12-8-9-15-20(13(12)2)26-23(32)24(15)19-18(16(27-24)10-17(25)29)21(30)28(22(19)31)11-14-6-4-3-5-7-14/h3-9,16,18-19,27H,10-11H2,1-2H3,(H2,25,29)(H,26,32). The highest BCUT2D eigenvalue weighted by Crippen LogP contribution is 2.54. The highest BCUT2D eigenvalue weighted by Gasteiger charge is 2.70. The van der Waals surface area contributed by atoms with Gasteiger partial charge in [0.05, 0.1) is 18.4 Å². The Morgan fingerprint density at radius 3 is 2.47 bits per heavy atom. The highest BCUT2D eigenvalue weighted by atomic mass is 16.2. The van der Waals surface area contributed by atoms with Gasteiger partial charge in [0.15, 0.2) is 0 Å². The van der Waals surface area contributed by atoms with Crippen LogP contribution in [0.15, 0.2) is 42.5 Å². The van der Waals surface area contributed by atoms with E-state index < -0.39 is 35.2 Å². The van der Waals surface area contributed by atoms with Crippen LogP contribution in [0.3, 0.4) is 0 Å². The van der Waals surface area contributed by atoms with Crippen molar-refractivity contribution in [1.29, 1.82) is 0 Å². The zero-order valence-electron chi connectivity index (χ0n) is 17.8. The second-order valence-corrected chi connectivity index (χ2v) is 8.87. The number of hydrogen-bond acceptors (Lipinski definition) is 5. The van der Waals surface area contributed by atoms with E-state index in [2.05, 4.69) is 10.6 Å². The summed E-state index contributed by atoms with van der Waals surface area (Å²) < 4.78 is 0. The average molecular weight is 432 g/mol. The summed E-state index contributed by atoms with van der Waals surface area (Å²) in [5, 5.41) is 6.14. The Morgan fingerprint density at radius 1 is 1.06 bits per heavy atom. The molecule has 2 saturated heterocycles. The van der Waals surface area contributed by atoms with Crippen molar-refractivity contribution in [2.24, 2.45) is 17.6 Å². The maximum Gasteiger partial charge on any atom is 0.250 e. The number of aryl methyl sites for hydroxylation is 1. The van der Waals surface area contributed by atoms with E-state index in [0.717, 1.165) is 16.7 Å². The second kappa shape index (κ2) is 7.00. The molecule has 3 aliphatic heterocycles. The summed E-state index contributed by atoms with van der Waals surface area (Å²) in [6, 6.07) is 12.2. The first-order valence-corrected chi connectivity index (χ1v) is 10.6. The van der Waals surface area contributed by atoms with Crippen LogP contribution in [0.5, 0.6) is 0 Å². The number of carbonyl (C=O) groups excluding carboxylic acids is 4. The van der Waals surface area contributed by atoms with Crippen molar-refractivity contribution in [3.63, 3.8) is 0 Å². The van der Waals surface area contributed by atoms with E-state index >= 15 is 0 Å². The fraction of sp³-hybridized carbons (Fsp3) is 0.333. The van der Waals surface area contributed by atoms with Gasteiger partial charge in [-0.1, -0.05) is 42.5 Å². The summed E-state index contributed by atoms with van der Waals surface area (Å²) in [6.45, 7) is 3.97. The number of hydrogen-bond donors (Lipinski definition) is 3. The number of nitrogens with zero attached hydrogens (tertiary/aromatic N) is 1. The molecule has 4 unspecified atom stereocenters. The van der Waals surface area contributed by atoms with E-state index in [4.69, 9.17) is 5.73 Å². The van der Waals surface area contributed by atoms with Crippen LogP contribution in [0, 0.1) is 25.7 Å². The van der Waals surface area contributed by atoms with E-state index in [1.807, 2.05) is 56.3 Å². The minimum absolute atomic E-state index is 0.117. The van der Waals surface area contributed by atoms with Crippen LogP contribution in [0.1, 0.15) is 28.7 Å². The van der Waals surface area contributed by atoms with Gasteiger partial charge in [0.2, 0.25) is 23.6 Å². The van der Waals surface area contributed by atoms with Crippen molar-refractivity contribution in [2.45, 2.75) is 38.4 Å². The van der Waals surface area contributed by atoms with Crippen LogP contribution in [0.4, 0.5) is 5.69 Å². The molecule has 0 aromatic heterocycles. The molecule has 32 heavy (non-hydrogen) atoms. The molecule has 164 valence electrons. The molecule has 2 aromatic carbocycles. The monoisotopic (exact) mass is 432 g/mol. The predicted molar refractivity (Wildman–Crippen MR) is 116 cm³/mol. The van der Waals surface area contributed by atoms with Crippen LogP contribution in [0.2, 0.25) is 0 Å². The van der Waals surface area contributed by atoms with Gasteiger partial charge in [0.25, 0.3) is 0 Å². The number of primary amides is 1. The normalized spacial score (nSPS) is 28.2. The molecule has 0 radical (unpaired) electrons. The molecule has 2 aromatic rings. The van der Waals surface area contributed by atoms with Crippen molar-refractivity contribution in [3.8, 4) is 0 Å². The van der Waals surface area contributed by atoms with Gasteiger partial charge in [-0.05, 0) is 30.5 Å². The van der Waals surface area contributed by atoms with Crippen LogP contribution in [-0.2, 0) is 31.3 Å². The van der Waals surface area contributed by atoms with Gasteiger partial charge in [0.1, 0.15) is 5.54 Å². The molecule has 1 spiro atoms. The second-order valence-electron chi connectivity index (χ2n) is 8.87. The van der Waals surface area contributed by atoms with Crippen LogP contribution >= 0.6 is 0 Å². The molecule has 3 aliphatic rings. The lowest BCUT2D eigenvalue weighted by Gasteiger charge is -2.29. The molecule has 2 fully saturated rings. The van der Waals surface area contributed by atoms with Gasteiger partial charge < -0.3 is 11.1 Å². The zero-order valence-corrected chi connectivity index (χ0v) is 17.8. The Bertz CT molecular complexity index is 1180. The number of imide groups is 1. The lowest BCUT2D eigenvalue weighted by Crippen LogP contribution is -2.53. The summed E-state index contributed by atoms with van der Waals surface area (Å²) in [4.78, 5) is 53.6. The molecule has 0 aliphatic carbocycles. The van der Waals surface area contributed by atoms with Gasteiger partial charge >= 0.3 is 0 Å². The highest BCUT2D eigenvalue weighted by molar-refractivity contribution is 6.15. The summed E-state index contributed by atoms with van der Waals surface area (Å²) in [6.07, 6.45) is -0.144. The number of anilines is 1. The molecular formula is C24H24N4O4. The molecule has 0 saturated carbocycles. The van der Waals surface area contributed by atoms with Crippen molar-refractivity contribution >= 4 is 29.3 Å². The summed E-state index contributed by atoms with van der Waals surface area (Å²) in [5.41, 5.74) is 8.05. The first-order valence-electron chi connectivity index (χ1n) is 10.6. The number of nitrogens with two attached hydrogens (primary N) is 1. The van der Waals surface area contributed by atoms with E-state index in [1.165, 1.54) is 4.90 Å². The van der Waals surface area contributed by atoms with Crippen molar-refractivity contribution < 1.29 is 19.2 Å². The number of fused-ring (bicyclic) bond motifs is 4. The van der Waals surface area contributed by atoms with Crippen molar-refractivity contribution in [2.75, 3.05) is 5.32 Å². The molecular weight excluding hydrogens is 408 g/mol. The largest absolute Gasteiger partial charge is 0.370 e. The fourth-order valence-electron chi connectivity index (χ4n) is 5.49. The molecule has 3 heterocycles. The van der Waals surface area contributed by atoms with Gasteiger partial charge in [-0.25, -0.2) is 0 Å².